The Morgan fingerprint density at radius 1 is 1.06 bits per heavy atom. The number of carbonyl (C=O) groups is 2. The third kappa shape index (κ3) is 6.30. The molecule has 0 radical (unpaired) electrons. The van der Waals surface area contributed by atoms with E-state index < -0.39 is 35.7 Å². The van der Waals surface area contributed by atoms with Crippen LogP contribution in [0.1, 0.15) is 21.6 Å². The molecule has 1 amide bonds. The van der Waals surface area contributed by atoms with Gasteiger partial charge in [-0.05, 0) is 23.8 Å². The van der Waals surface area contributed by atoms with E-state index in [1.807, 2.05) is 0 Å². The maximum absolute atomic E-state index is 12.8. The molecule has 0 saturated heterocycles. The Hall–Kier alpha value is -3.44. The van der Waals surface area contributed by atoms with Gasteiger partial charge in [-0.1, -0.05) is 35.3 Å². The maximum atomic E-state index is 12.8. The number of pyridine rings is 1. The molecule has 0 saturated carbocycles. The molecule has 0 bridgehead atoms. The number of carboxylic acid groups (broad SMARTS) is 1. The number of aliphatic carboxylic acids is 1. The van der Waals surface area contributed by atoms with Crippen molar-refractivity contribution in [3.8, 4) is 0 Å². The van der Waals surface area contributed by atoms with Crippen molar-refractivity contribution in [3.63, 3.8) is 0 Å². The third-order valence-corrected chi connectivity index (χ3v) is 4.87. The van der Waals surface area contributed by atoms with Crippen LogP contribution in [0, 0.1) is 0 Å². The molecule has 3 N–H and O–H groups in total. The van der Waals surface area contributed by atoms with Crippen LogP contribution in [-0.4, -0.2) is 38.0 Å². The predicted octanol–water partition coefficient (Wildman–Crippen LogP) is 4.56. The largest absolute Gasteiger partial charge is 0.480 e. The quantitative estimate of drug-likeness (QED) is 0.436. The minimum absolute atomic E-state index is 0.112. The van der Waals surface area contributed by atoms with Gasteiger partial charge in [0, 0.05) is 30.6 Å². The predicted molar refractivity (Wildman–Crippen MR) is 114 cm³/mol. The first-order chi connectivity index (χ1) is 15.5. The van der Waals surface area contributed by atoms with Crippen LogP contribution in [-0.2, 0) is 17.4 Å². The molecular formula is C20H14Cl2F3N5O3. The lowest BCUT2D eigenvalue weighted by molar-refractivity contribution is -0.141. The number of hydrogen-bond acceptors (Lipinski definition) is 6. The molecule has 0 fully saturated rings. The van der Waals surface area contributed by atoms with E-state index in [-0.39, 0.29) is 27.7 Å². The zero-order chi connectivity index (χ0) is 24.2. The summed E-state index contributed by atoms with van der Waals surface area (Å²) in [7, 11) is 0. The van der Waals surface area contributed by atoms with Gasteiger partial charge in [0.2, 0.25) is 5.95 Å². The highest BCUT2D eigenvalue weighted by Crippen LogP contribution is 2.29. The van der Waals surface area contributed by atoms with Crippen LogP contribution < -0.4 is 10.6 Å². The summed E-state index contributed by atoms with van der Waals surface area (Å²) in [6.07, 6.45) is -1.29. The van der Waals surface area contributed by atoms with Crippen molar-refractivity contribution >= 4 is 46.7 Å². The van der Waals surface area contributed by atoms with Gasteiger partial charge in [-0.3, -0.25) is 9.78 Å². The number of anilines is 2. The fraction of sp³-hybridized carbons (Fsp3) is 0.150. The number of alkyl halides is 3. The SMILES string of the molecule is O=C(Nc1c(Cl)cncc1Cl)c1ccc(CC(Nc2nccc(C(F)(F)F)n2)C(=O)O)cc1. The molecular weight excluding hydrogens is 486 g/mol. The Morgan fingerprint density at radius 3 is 2.27 bits per heavy atom. The molecule has 0 aliphatic carbocycles. The highest BCUT2D eigenvalue weighted by Gasteiger charge is 2.33. The van der Waals surface area contributed by atoms with Gasteiger partial charge in [-0.25, -0.2) is 14.8 Å². The van der Waals surface area contributed by atoms with Gasteiger partial charge in [-0.15, -0.1) is 0 Å². The number of halogens is 5. The molecule has 3 aromatic rings. The monoisotopic (exact) mass is 499 g/mol. The third-order valence-electron chi connectivity index (χ3n) is 4.30. The summed E-state index contributed by atoms with van der Waals surface area (Å²) >= 11 is 12.0. The summed E-state index contributed by atoms with van der Waals surface area (Å²) in [6.45, 7) is 0. The van der Waals surface area contributed by atoms with E-state index in [1.54, 1.807) is 0 Å². The number of amides is 1. The average molecular weight is 500 g/mol. The zero-order valence-electron chi connectivity index (χ0n) is 16.4. The Bertz CT molecular complexity index is 1160. The molecule has 0 spiro atoms. The molecule has 1 unspecified atom stereocenters. The summed E-state index contributed by atoms with van der Waals surface area (Å²) < 4.78 is 38.4. The molecule has 0 aliphatic rings. The van der Waals surface area contributed by atoms with Crippen LogP contribution >= 0.6 is 23.2 Å². The van der Waals surface area contributed by atoms with Gasteiger partial charge in [0.1, 0.15) is 11.7 Å². The van der Waals surface area contributed by atoms with E-state index in [1.165, 1.54) is 36.7 Å². The Labute approximate surface area is 194 Å². The van der Waals surface area contributed by atoms with Gasteiger partial charge >= 0.3 is 12.1 Å². The van der Waals surface area contributed by atoms with Crippen molar-refractivity contribution in [1.29, 1.82) is 0 Å². The summed E-state index contributed by atoms with van der Waals surface area (Å²) in [5.74, 6) is -2.30. The van der Waals surface area contributed by atoms with Gasteiger partial charge in [-0.2, -0.15) is 13.2 Å². The highest BCUT2D eigenvalue weighted by atomic mass is 35.5. The van der Waals surface area contributed by atoms with E-state index >= 15 is 0 Å². The van der Waals surface area contributed by atoms with Crippen molar-refractivity contribution in [2.24, 2.45) is 0 Å². The molecule has 172 valence electrons. The Kier molecular flexibility index (Phi) is 7.34. The van der Waals surface area contributed by atoms with Gasteiger partial charge in [0.25, 0.3) is 5.91 Å². The molecule has 2 heterocycles. The number of benzene rings is 1. The fourth-order valence-corrected chi connectivity index (χ4v) is 3.15. The van der Waals surface area contributed by atoms with Crippen LogP contribution in [0.2, 0.25) is 10.0 Å². The van der Waals surface area contributed by atoms with E-state index in [0.29, 0.717) is 11.6 Å². The smallest absolute Gasteiger partial charge is 0.433 e. The van der Waals surface area contributed by atoms with Crippen molar-refractivity contribution in [1.82, 2.24) is 15.0 Å². The van der Waals surface area contributed by atoms with E-state index in [4.69, 9.17) is 23.2 Å². The first-order valence-electron chi connectivity index (χ1n) is 9.13. The minimum Gasteiger partial charge on any atom is -0.480 e. The second-order valence-electron chi connectivity index (χ2n) is 6.63. The fourth-order valence-electron chi connectivity index (χ4n) is 2.69. The maximum Gasteiger partial charge on any atom is 0.433 e. The van der Waals surface area contributed by atoms with Crippen LogP contribution in [0.3, 0.4) is 0 Å². The number of hydrogen-bond donors (Lipinski definition) is 3. The second kappa shape index (κ2) is 10.0. The molecule has 0 aliphatic heterocycles. The number of nitrogens with zero attached hydrogens (tertiary/aromatic N) is 3. The Morgan fingerprint density at radius 2 is 1.70 bits per heavy atom. The van der Waals surface area contributed by atoms with E-state index in [9.17, 15) is 27.9 Å². The number of nitrogens with one attached hydrogen (secondary N) is 2. The topological polar surface area (TPSA) is 117 Å². The normalized spacial score (nSPS) is 12.2. The molecule has 1 aromatic carbocycles. The molecule has 1 atom stereocenters. The van der Waals surface area contributed by atoms with E-state index in [0.717, 1.165) is 6.20 Å². The molecule has 3 rings (SSSR count). The lowest BCUT2D eigenvalue weighted by atomic mass is 10.0. The van der Waals surface area contributed by atoms with Crippen molar-refractivity contribution in [3.05, 3.63) is 75.8 Å². The summed E-state index contributed by atoms with van der Waals surface area (Å²) in [5, 5.41) is 14.7. The lowest BCUT2D eigenvalue weighted by Gasteiger charge is -2.16. The molecule has 33 heavy (non-hydrogen) atoms. The van der Waals surface area contributed by atoms with Gasteiger partial charge in [0.05, 0.1) is 15.7 Å². The standard InChI is InChI=1S/C20H14Cl2F3N5O3/c21-12-8-26-9-13(22)16(12)30-17(31)11-3-1-10(2-4-11)7-14(18(32)33)28-19-27-6-5-15(29-19)20(23,24)25/h1-6,8-9,14H,7H2,(H,32,33)(H,26,30,31)(H,27,28,29). The van der Waals surface area contributed by atoms with Crippen LogP contribution in [0.15, 0.2) is 48.9 Å². The Balaban J connectivity index is 1.70. The summed E-state index contributed by atoms with van der Waals surface area (Å²) in [4.78, 5) is 34.8. The second-order valence-corrected chi connectivity index (χ2v) is 7.45. The first-order valence-corrected chi connectivity index (χ1v) is 9.89. The number of aromatic nitrogens is 3. The van der Waals surface area contributed by atoms with Crippen molar-refractivity contribution in [2.75, 3.05) is 10.6 Å². The highest BCUT2D eigenvalue weighted by molar-refractivity contribution is 6.39. The first kappa shape index (κ1) is 24.2. The molecule has 13 heteroatoms. The van der Waals surface area contributed by atoms with Gasteiger partial charge in [0.15, 0.2) is 0 Å². The summed E-state index contributed by atoms with van der Waals surface area (Å²) in [5.41, 5.74) is -0.269. The lowest BCUT2D eigenvalue weighted by Crippen LogP contribution is -2.32. The van der Waals surface area contributed by atoms with Crippen molar-refractivity contribution < 1.29 is 27.9 Å². The van der Waals surface area contributed by atoms with Crippen LogP contribution in [0.5, 0.6) is 0 Å². The number of carbonyl (C=O) groups excluding carboxylic acids is 1. The molecule has 2 aromatic heterocycles. The van der Waals surface area contributed by atoms with Crippen molar-refractivity contribution in [2.45, 2.75) is 18.6 Å². The molecule has 8 nitrogen and oxygen atoms in total. The summed E-state index contributed by atoms with van der Waals surface area (Å²) in [6, 6.07) is 5.28. The zero-order valence-corrected chi connectivity index (χ0v) is 17.9. The average Bonchev–Trinajstić information content (AvgIpc) is 2.76. The van der Waals surface area contributed by atoms with Gasteiger partial charge < -0.3 is 15.7 Å². The van der Waals surface area contributed by atoms with Crippen LogP contribution in [0.25, 0.3) is 0 Å². The van der Waals surface area contributed by atoms with E-state index in [2.05, 4.69) is 25.6 Å². The number of carboxylic acids is 1. The van der Waals surface area contributed by atoms with Crippen LogP contribution in [0.4, 0.5) is 24.8 Å². The minimum atomic E-state index is -4.70. The number of rotatable bonds is 7.